The maximum atomic E-state index is 12.3. The number of nitrogens with one attached hydrogen (secondary N) is 1. The first-order chi connectivity index (χ1) is 12.0. The van der Waals surface area contributed by atoms with Crippen molar-refractivity contribution in [2.75, 3.05) is 13.1 Å². The van der Waals surface area contributed by atoms with Gasteiger partial charge in [-0.05, 0) is 33.2 Å². The molecule has 0 aromatic carbocycles. The number of likely N-dealkylation sites (tertiary alicyclic amines) is 1. The topological polar surface area (TPSA) is 97.3 Å². The quantitative estimate of drug-likeness (QED) is 0.856. The lowest BCUT2D eigenvalue weighted by atomic mass is 10.2. The van der Waals surface area contributed by atoms with E-state index in [1.54, 1.807) is 0 Å². The highest BCUT2D eigenvalue weighted by atomic mass is 16.5. The number of amides is 1. The van der Waals surface area contributed by atoms with Gasteiger partial charge in [0, 0.05) is 18.0 Å². The van der Waals surface area contributed by atoms with Crippen molar-refractivity contribution in [3.8, 4) is 0 Å². The highest BCUT2D eigenvalue weighted by Crippen LogP contribution is 2.30. The molecule has 8 nitrogen and oxygen atoms in total. The lowest BCUT2D eigenvalue weighted by Crippen LogP contribution is -2.37. The number of hydrogen-bond donors (Lipinski definition) is 1. The van der Waals surface area contributed by atoms with Gasteiger partial charge in [-0.25, -0.2) is 0 Å². The van der Waals surface area contributed by atoms with Crippen molar-refractivity contribution >= 4 is 5.91 Å². The second-order valence-electron chi connectivity index (χ2n) is 6.85. The maximum Gasteiger partial charge on any atom is 0.234 e. The van der Waals surface area contributed by atoms with E-state index < -0.39 is 0 Å². The standard InChI is InChI=1S/C17H25N5O3/c1-10(2)17-19-16(21-25-17)14-6-5-7-22(14)9-15(23)18-8-13-11(3)20-24-12(13)4/h10,14H,5-9H2,1-4H3,(H,18,23)/t14-/m0/s1. The Hall–Kier alpha value is -2.22. The zero-order chi connectivity index (χ0) is 18.0. The molecular formula is C17H25N5O3. The molecule has 25 heavy (non-hydrogen) atoms. The Morgan fingerprint density at radius 2 is 2.12 bits per heavy atom. The summed E-state index contributed by atoms with van der Waals surface area (Å²) < 4.78 is 10.4. The van der Waals surface area contributed by atoms with Crippen molar-refractivity contribution in [2.45, 2.75) is 59.0 Å². The molecular weight excluding hydrogens is 322 g/mol. The first-order valence-electron chi connectivity index (χ1n) is 8.71. The number of nitrogens with zero attached hydrogens (tertiary/aromatic N) is 4. The minimum absolute atomic E-state index is 0.0283. The molecule has 1 aliphatic heterocycles. The van der Waals surface area contributed by atoms with Gasteiger partial charge in [0.25, 0.3) is 0 Å². The monoisotopic (exact) mass is 347 g/mol. The van der Waals surface area contributed by atoms with Gasteiger partial charge in [0.05, 0.1) is 18.3 Å². The first kappa shape index (κ1) is 17.6. The van der Waals surface area contributed by atoms with Crippen LogP contribution in [0.4, 0.5) is 0 Å². The fourth-order valence-corrected chi connectivity index (χ4v) is 3.11. The van der Waals surface area contributed by atoms with E-state index in [9.17, 15) is 4.79 Å². The number of hydrogen-bond acceptors (Lipinski definition) is 7. The zero-order valence-electron chi connectivity index (χ0n) is 15.2. The summed E-state index contributed by atoms with van der Waals surface area (Å²) >= 11 is 0. The van der Waals surface area contributed by atoms with Crippen LogP contribution in [-0.2, 0) is 11.3 Å². The molecule has 0 aliphatic carbocycles. The Bertz CT molecular complexity index is 717. The van der Waals surface area contributed by atoms with E-state index in [1.165, 1.54) is 0 Å². The smallest absolute Gasteiger partial charge is 0.234 e. The molecule has 0 saturated carbocycles. The van der Waals surface area contributed by atoms with Crippen LogP contribution < -0.4 is 5.32 Å². The van der Waals surface area contributed by atoms with Crippen LogP contribution in [0.3, 0.4) is 0 Å². The van der Waals surface area contributed by atoms with Crippen LogP contribution in [0.2, 0.25) is 0 Å². The van der Waals surface area contributed by atoms with E-state index in [0.29, 0.717) is 24.8 Å². The van der Waals surface area contributed by atoms with Gasteiger partial charge in [-0.15, -0.1) is 0 Å². The molecule has 1 fully saturated rings. The molecule has 0 unspecified atom stereocenters. The lowest BCUT2D eigenvalue weighted by Gasteiger charge is -2.21. The number of aryl methyl sites for hydroxylation is 2. The Morgan fingerprint density at radius 3 is 2.76 bits per heavy atom. The average Bonchev–Trinajstić information content (AvgIpc) is 3.27. The van der Waals surface area contributed by atoms with E-state index in [0.717, 1.165) is 36.4 Å². The van der Waals surface area contributed by atoms with Crippen LogP contribution in [0.25, 0.3) is 0 Å². The lowest BCUT2D eigenvalue weighted by molar-refractivity contribution is -0.122. The van der Waals surface area contributed by atoms with Gasteiger partial charge in [0.15, 0.2) is 5.82 Å². The highest BCUT2D eigenvalue weighted by Gasteiger charge is 2.31. The Labute approximate surface area is 146 Å². The van der Waals surface area contributed by atoms with Crippen LogP contribution >= 0.6 is 0 Å². The van der Waals surface area contributed by atoms with E-state index in [1.807, 2.05) is 27.7 Å². The minimum atomic E-state index is -0.0283. The third-order valence-corrected chi connectivity index (χ3v) is 4.60. The third-order valence-electron chi connectivity index (χ3n) is 4.60. The summed E-state index contributed by atoms with van der Waals surface area (Å²) in [6.07, 6.45) is 1.96. The van der Waals surface area contributed by atoms with Gasteiger partial charge in [-0.1, -0.05) is 24.2 Å². The first-order valence-corrected chi connectivity index (χ1v) is 8.71. The predicted molar refractivity (Wildman–Crippen MR) is 89.8 cm³/mol. The van der Waals surface area contributed by atoms with E-state index in [2.05, 4.69) is 25.5 Å². The van der Waals surface area contributed by atoms with Crippen LogP contribution in [0, 0.1) is 13.8 Å². The second kappa shape index (κ2) is 7.35. The average molecular weight is 347 g/mol. The fourth-order valence-electron chi connectivity index (χ4n) is 3.11. The van der Waals surface area contributed by atoms with Gasteiger partial charge in [-0.3, -0.25) is 9.69 Å². The highest BCUT2D eigenvalue weighted by molar-refractivity contribution is 5.78. The molecule has 1 amide bonds. The summed E-state index contributed by atoms with van der Waals surface area (Å²) in [7, 11) is 0. The third kappa shape index (κ3) is 3.89. The number of carbonyl (C=O) groups is 1. The van der Waals surface area contributed by atoms with Gasteiger partial charge >= 0.3 is 0 Å². The van der Waals surface area contributed by atoms with Crippen LogP contribution in [0.1, 0.15) is 67.4 Å². The van der Waals surface area contributed by atoms with Crippen LogP contribution in [0.5, 0.6) is 0 Å². The molecule has 3 rings (SSSR count). The number of carbonyl (C=O) groups excluding carboxylic acids is 1. The van der Waals surface area contributed by atoms with Gasteiger partial charge in [0.2, 0.25) is 11.8 Å². The predicted octanol–water partition coefficient (Wildman–Crippen LogP) is 2.25. The molecule has 8 heteroatoms. The molecule has 0 bridgehead atoms. The van der Waals surface area contributed by atoms with Gasteiger partial charge in [-0.2, -0.15) is 4.98 Å². The van der Waals surface area contributed by atoms with Crippen LogP contribution in [0.15, 0.2) is 9.05 Å². The molecule has 136 valence electrons. The number of rotatable bonds is 6. The van der Waals surface area contributed by atoms with Crippen molar-refractivity contribution < 1.29 is 13.8 Å². The van der Waals surface area contributed by atoms with E-state index in [-0.39, 0.29) is 17.9 Å². The largest absolute Gasteiger partial charge is 0.361 e. The number of aromatic nitrogens is 3. The van der Waals surface area contributed by atoms with Gasteiger partial charge < -0.3 is 14.4 Å². The van der Waals surface area contributed by atoms with E-state index >= 15 is 0 Å². The maximum absolute atomic E-state index is 12.3. The molecule has 0 spiro atoms. The normalized spacial score (nSPS) is 18.2. The summed E-state index contributed by atoms with van der Waals surface area (Å²) in [6, 6.07) is 0.0427. The van der Waals surface area contributed by atoms with Crippen molar-refractivity contribution in [2.24, 2.45) is 0 Å². The summed E-state index contributed by atoms with van der Waals surface area (Å²) in [4.78, 5) is 18.9. The van der Waals surface area contributed by atoms with Gasteiger partial charge in [0.1, 0.15) is 5.76 Å². The molecule has 0 radical (unpaired) electrons. The molecule has 3 heterocycles. The molecule has 2 aromatic heterocycles. The van der Waals surface area contributed by atoms with E-state index in [4.69, 9.17) is 9.05 Å². The summed E-state index contributed by atoms with van der Waals surface area (Å²) in [5, 5.41) is 11.0. The molecule has 1 saturated heterocycles. The van der Waals surface area contributed by atoms with Crippen LogP contribution in [-0.4, -0.2) is 39.2 Å². The Kier molecular flexibility index (Phi) is 5.17. The minimum Gasteiger partial charge on any atom is -0.361 e. The Morgan fingerprint density at radius 1 is 1.32 bits per heavy atom. The van der Waals surface area contributed by atoms with Crippen molar-refractivity contribution in [1.82, 2.24) is 25.5 Å². The molecule has 2 aromatic rings. The molecule has 1 atom stereocenters. The summed E-state index contributed by atoms with van der Waals surface area (Å²) in [5.74, 6) is 2.24. The molecule has 1 aliphatic rings. The SMILES string of the molecule is Cc1noc(C)c1CNC(=O)CN1CCC[C@H]1c1noc(C(C)C)n1. The summed E-state index contributed by atoms with van der Waals surface area (Å²) in [5.41, 5.74) is 1.75. The second-order valence-corrected chi connectivity index (χ2v) is 6.85. The molecule has 1 N–H and O–H groups in total. The zero-order valence-corrected chi connectivity index (χ0v) is 15.2. The van der Waals surface area contributed by atoms with Crippen molar-refractivity contribution in [3.05, 3.63) is 28.7 Å². The van der Waals surface area contributed by atoms with Crippen molar-refractivity contribution in [3.63, 3.8) is 0 Å². The fraction of sp³-hybridized carbons (Fsp3) is 0.647. The summed E-state index contributed by atoms with van der Waals surface area (Å²) in [6.45, 7) is 9.36. The van der Waals surface area contributed by atoms with Crippen molar-refractivity contribution in [1.29, 1.82) is 0 Å². The Balaban J connectivity index is 1.58.